The Balaban J connectivity index is 2.01. The van der Waals surface area contributed by atoms with E-state index in [0.717, 1.165) is 38.6 Å². The van der Waals surface area contributed by atoms with E-state index in [1.807, 2.05) is 0 Å². The highest BCUT2D eigenvalue weighted by Crippen LogP contribution is 2.22. The fourth-order valence-corrected chi connectivity index (χ4v) is 2.79. The molecule has 2 unspecified atom stereocenters. The molecular formula is C15H32N2O. The Labute approximate surface area is 113 Å². The Morgan fingerprint density at radius 3 is 2.94 bits per heavy atom. The van der Waals surface area contributed by atoms with Crippen molar-refractivity contribution >= 4 is 0 Å². The molecule has 3 nitrogen and oxygen atoms in total. The van der Waals surface area contributed by atoms with Crippen LogP contribution in [0.5, 0.6) is 0 Å². The van der Waals surface area contributed by atoms with Crippen molar-refractivity contribution in [2.45, 2.75) is 52.5 Å². The molecule has 1 heterocycles. The fraction of sp³-hybridized carbons (Fsp3) is 1.00. The number of hydrogen-bond donors (Lipinski definition) is 1. The first-order valence-electron chi connectivity index (χ1n) is 7.80. The van der Waals surface area contributed by atoms with Gasteiger partial charge in [-0.15, -0.1) is 0 Å². The van der Waals surface area contributed by atoms with E-state index in [1.165, 1.54) is 32.4 Å². The highest BCUT2D eigenvalue weighted by atomic mass is 16.5. The number of nitrogens with zero attached hydrogens (tertiary/aromatic N) is 1. The SMILES string of the molecule is CCCC1CCN(C(C)CNCCCOCC)C1. The summed E-state index contributed by atoms with van der Waals surface area (Å²) in [5.41, 5.74) is 0. The lowest BCUT2D eigenvalue weighted by Crippen LogP contribution is -2.39. The van der Waals surface area contributed by atoms with Gasteiger partial charge in [0.15, 0.2) is 0 Å². The van der Waals surface area contributed by atoms with E-state index in [0.29, 0.717) is 6.04 Å². The van der Waals surface area contributed by atoms with Crippen LogP contribution >= 0.6 is 0 Å². The monoisotopic (exact) mass is 256 g/mol. The van der Waals surface area contributed by atoms with E-state index in [1.54, 1.807) is 0 Å². The summed E-state index contributed by atoms with van der Waals surface area (Å²) in [6, 6.07) is 0.680. The Morgan fingerprint density at radius 1 is 1.39 bits per heavy atom. The van der Waals surface area contributed by atoms with Gasteiger partial charge in [-0.25, -0.2) is 0 Å². The second-order valence-corrected chi connectivity index (χ2v) is 5.54. The highest BCUT2D eigenvalue weighted by molar-refractivity contribution is 4.80. The van der Waals surface area contributed by atoms with Crippen molar-refractivity contribution in [2.75, 3.05) is 39.4 Å². The number of likely N-dealkylation sites (tertiary alicyclic amines) is 1. The van der Waals surface area contributed by atoms with Crippen LogP contribution in [0.15, 0.2) is 0 Å². The standard InChI is InChI=1S/C15H32N2O/c1-4-7-15-8-10-17(13-15)14(3)12-16-9-6-11-18-5-2/h14-16H,4-13H2,1-3H3. The van der Waals surface area contributed by atoms with Crippen LogP contribution in [0.3, 0.4) is 0 Å². The lowest BCUT2D eigenvalue weighted by atomic mass is 10.0. The van der Waals surface area contributed by atoms with Crippen LogP contribution in [0.2, 0.25) is 0 Å². The molecule has 1 aliphatic heterocycles. The summed E-state index contributed by atoms with van der Waals surface area (Å²) in [4.78, 5) is 2.65. The van der Waals surface area contributed by atoms with Crippen molar-refractivity contribution in [3.05, 3.63) is 0 Å². The van der Waals surface area contributed by atoms with Crippen LogP contribution in [-0.2, 0) is 4.74 Å². The predicted octanol–water partition coefficient (Wildman–Crippen LogP) is 2.51. The van der Waals surface area contributed by atoms with Gasteiger partial charge in [0, 0.05) is 32.3 Å². The molecule has 3 heteroatoms. The fourth-order valence-electron chi connectivity index (χ4n) is 2.79. The summed E-state index contributed by atoms with van der Waals surface area (Å²) in [6.45, 7) is 13.2. The van der Waals surface area contributed by atoms with Crippen LogP contribution in [-0.4, -0.2) is 50.3 Å². The lowest BCUT2D eigenvalue weighted by molar-refractivity contribution is 0.144. The molecule has 18 heavy (non-hydrogen) atoms. The highest BCUT2D eigenvalue weighted by Gasteiger charge is 2.24. The molecule has 0 radical (unpaired) electrons. The summed E-state index contributed by atoms with van der Waals surface area (Å²) in [5.74, 6) is 0.954. The lowest BCUT2D eigenvalue weighted by Gasteiger charge is -2.24. The van der Waals surface area contributed by atoms with Crippen molar-refractivity contribution in [3.63, 3.8) is 0 Å². The molecule has 0 bridgehead atoms. The third-order valence-electron chi connectivity index (χ3n) is 3.92. The van der Waals surface area contributed by atoms with E-state index in [9.17, 15) is 0 Å². The number of hydrogen-bond acceptors (Lipinski definition) is 3. The second kappa shape index (κ2) is 9.76. The van der Waals surface area contributed by atoms with Crippen molar-refractivity contribution < 1.29 is 4.74 Å². The van der Waals surface area contributed by atoms with Crippen LogP contribution in [0.1, 0.15) is 46.5 Å². The molecule has 1 fully saturated rings. The molecule has 1 saturated heterocycles. The van der Waals surface area contributed by atoms with E-state index < -0.39 is 0 Å². The maximum Gasteiger partial charge on any atom is 0.0477 e. The third kappa shape index (κ3) is 6.17. The van der Waals surface area contributed by atoms with Gasteiger partial charge in [-0.05, 0) is 52.1 Å². The Morgan fingerprint density at radius 2 is 2.22 bits per heavy atom. The quantitative estimate of drug-likeness (QED) is 0.608. The molecule has 0 aromatic rings. The van der Waals surface area contributed by atoms with Gasteiger partial charge in [0.1, 0.15) is 0 Å². The van der Waals surface area contributed by atoms with Crippen LogP contribution < -0.4 is 5.32 Å². The van der Waals surface area contributed by atoms with Crippen molar-refractivity contribution in [1.29, 1.82) is 0 Å². The smallest absolute Gasteiger partial charge is 0.0477 e. The van der Waals surface area contributed by atoms with Gasteiger partial charge >= 0.3 is 0 Å². The molecule has 0 spiro atoms. The molecule has 2 atom stereocenters. The Hall–Kier alpha value is -0.120. The molecule has 0 aromatic heterocycles. The van der Waals surface area contributed by atoms with E-state index in [4.69, 9.17) is 4.74 Å². The third-order valence-corrected chi connectivity index (χ3v) is 3.92. The van der Waals surface area contributed by atoms with Gasteiger partial charge < -0.3 is 10.1 Å². The number of rotatable bonds is 10. The Bertz CT molecular complexity index is 199. The summed E-state index contributed by atoms with van der Waals surface area (Å²) >= 11 is 0. The minimum Gasteiger partial charge on any atom is -0.382 e. The van der Waals surface area contributed by atoms with Gasteiger partial charge in [-0.1, -0.05) is 13.3 Å². The topological polar surface area (TPSA) is 24.5 Å². The second-order valence-electron chi connectivity index (χ2n) is 5.54. The maximum absolute atomic E-state index is 5.33. The Kier molecular flexibility index (Phi) is 8.64. The summed E-state index contributed by atoms with van der Waals surface area (Å²) in [5, 5.41) is 3.55. The largest absolute Gasteiger partial charge is 0.382 e. The summed E-state index contributed by atoms with van der Waals surface area (Å²) in [6.07, 6.45) is 5.27. The minimum absolute atomic E-state index is 0.680. The molecule has 0 aromatic carbocycles. The van der Waals surface area contributed by atoms with Crippen LogP contribution in [0.25, 0.3) is 0 Å². The van der Waals surface area contributed by atoms with E-state index >= 15 is 0 Å². The van der Waals surface area contributed by atoms with E-state index in [2.05, 4.69) is 31.0 Å². The van der Waals surface area contributed by atoms with Crippen molar-refractivity contribution in [3.8, 4) is 0 Å². The first kappa shape index (κ1) is 15.9. The zero-order chi connectivity index (χ0) is 13.2. The first-order chi connectivity index (χ1) is 8.77. The minimum atomic E-state index is 0.680. The molecule has 108 valence electrons. The predicted molar refractivity (Wildman–Crippen MR) is 78.0 cm³/mol. The molecule has 0 saturated carbocycles. The molecular weight excluding hydrogens is 224 g/mol. The van der Waals surface area contributed by atoms with Gasteiger partial charge in [0.2, 0.25) is 0 Å². The van der Waals surface area contributed by atoms with Gasteiger partial charge in [0.05, 0.1) is 0 Å². The van der Waals surface area contributed by atoms with Gasteiger partial charge in [-0.2, -0.15) is 0 Å². The molecule has 0 aliphatic carbocycles. The van der Waals surface area contributed by atoms with Crippen LogP contribution in [0.4, 0.5) is 0 Å². The number of nitrogens with one attached hydrogen (secondary N) is 1. The normalized spacial score (nSPS) is 22.5. The first-order valence-corrected chi connectivity index (χ1v) is 7.80. The summed E-state index contributed by atoms with van der Waals surface area (Å²) in [7, 11) is 0. The average molecular weight is 256 g/mol. The summed E-state index contributed by atoms with van der Waals surface area (Å²) < 4.78 is 5.33. The molecule has 1 aliphatic rings. The van der Waals surface area contributed by atoms with Crippen molar-refractivity contribution in [1.82, 2.24) is 10.2 Å². The van der Waals surface area contributed by atoms with Crippen LogP contribution in [0, 0.1) is 5.92 Å². The molecule has 1 rings (SSSR count). The molecule has 1 N–H and O–H groups in total. The average Bonchev–Trinajstić information content (AvgIpc) is 2.82. The number of ether oxygens (including phenoxy) is 1. The zero-order valence-electron chi connectivity index (χ0n) is 12.6. The van der Waals surface area contributed by atoms with Gasteiger partial charge in [-0.3, -0.25) is 4.90 Å². The maximum atomic E-state index is 5.33. The van der Waals surface area contributed by atoms with Crippen molar-refractivity contribution in [2.24, 2.45) is 5.92 Å². The molecule has 0 amide bonds. The van der Waals surface area contributed by atoms with Gasteiger partial charge in [0.25, 0.3) is 0 Å². The zero-order valence-corrected chi connectivity index (χ0v) is 12.6. The van der Waals surface area contributed by atoms with E-state index in [-0.39, 0.29) is 0 Å².